The number of hydrogen-bond donors (Lipinski definition) is 0. The lowest BCUT2D eigenvalue weighted by Crippen LogP contribution is -2.47. The lowest BCUT2D eigenvalue weighted by Gasteiger charge is -2.38. The minimum atomic E-state index is -4.31. The Labute approximate surface area is 183 Å². The number of halogens is 3. The zero-order chi connectivity index (χ0) is 22.6. The maximum atomic E-state index is 13.0. The molecule has 31 heavy (non-hydrogen) atoms. The Morgan fingerprint density at radius 3 is 2.26 bits per heavy atom. The van der Waals surface area contributed by atoms with Gasteiger partial charge in [-0.2, -0.15) is 13.2 Å². The fraction of sp³-hybridized carbons (Fsp3) is 0.696. The molecule has 0 bridgehead atoms. The van der Waals surface area contributed by atoms with E-state index in [1.165, 1.54) is 12.1 Å². The summed E-state index contributed by atoms with van der Waals surface area (Å²) in [6, 6.07) is 5.60. The Balaban J connectivity index is 1.38. The number of carbonyl (C=O) groups is 1. The molecule has 0 aliphatic carbocycles. The van der Waals surface area contributed by atoms with E-state index in [9.17, 15) is 18.0 Å². The van der Waals surface area contributed by atoms with E-state index in [1.807, 2.05) is 25.7 Å². The minimum Gasteiger partial charge on any atom is -0.444 e. The maximum absolute atomic E-state index is 13.0. The number of hydrogen-bond acceptors (Lipinski definition) is 4. The number of carbonyl (C=O) groups excluding carboxylic acids is 1. The standard InChI is InChI=1S/C23H34F3N3O2/c1-22(2,3)31-21(30)29-11-8-18(9-12-29)7-10-27-13-15-28(16-14-27)20-6-4-5-19(17-20)23(24,25)26/h4-6,17-18H,7-16H2,1-3H3. The largest absolute Gasteiger partial charge is 0.444 e. The summed E-state index contributed by atoms with van der Waals surface area (Å²) in [5.41, 5.74) is -0.418. The smallest absolute Gasteiger partial charge is 0.416 e. The quantitative estimate of drug-likeness (QED) is 0.668. The molecule has 1 aromatic rings. The average Bonchev–Trinajstić information content (AvgIpc) is 2.71. The number of anilines is 1. The summed E-state index contributed by atoms with van der Waals surface area (Å²) in [6.45, 7) is 11.3. The van der Waals surface area contributed by atoms with E-state index >= 15 is 0 Å². The molecule has 0 spiro atoms. The molecule has 2 heterocycles. The van der Waals surface area contributed by atoms with Gasteiger partial charge in [0.1, 0.15) is 5.60 Å². The molecular formula is C23H34F3N3O2. The van der Waals surface area contributed by atoms with Crippen molar-refractivity contribution in [3.8, 4) is 0 Å². The van der Waals surface area contributed by atoms with Gasteiger partial charge in [0.25, 0.3) is 0 Å². The molecule has 2 aliphatic rings. The van der Waals surface area contributed by atoms with Gasteiger partial charge in [0.05, 0.1) is 5.56 Å². The Hall–Kier alpha value is -1.96. The van der Waals surface area contributed by atoms with Gasteiger partial charge in [-0.05, 0) is 70.7 Å². The van der Waals surface area contributed by atoms with E-state index in [4.69, 9.17) is 4.74 Å². The second-order valence-corrected chi connectivity index (χ2v) is 9.58. The van der Waals surface area contributed by atoms with Crippen LogP contribution in [-0.2, 0) is 10.9 Å². The first-order valence-electron chi connectivity index (χ1n) is 11.1. The fourth-order valence-electron chi connectivity index (χ4n) is 4.20. The van der Waals surface area contributed by atoms with Crippen LogP contribution in [0.2, 0.25) is 0 Å². The van der Waals surface area contributed by atoms with Gasteiger partial charge in [0.2, 0.25) is 0 Å². The third-order valence-electron chi connectivity index (χ3n) is 6.03. The van der Waals surface area contributed by atoms with Crippen molar-refractivity contribution in [3.63, 3.8) is 0 Å². The zero-order valence-electron chi connectivity index (χ0n) is 18.7. The molecule has 1 amide bonds. The highest BCUT2D eigenvalue weighted by atomic mass is 19.4. The summed E-state index contributed by atoms with van der Waals surface area (Å²) in [5, 5.41) is 0. The van der Waals surface area contributed by atoms with E-state index in [2.05, 4.69) is 4.90 Å². The van der Waals surface area contributed by atoms with Gasteiger partial charge in [-0.3, -0.25) is 4.90 Å². The summed E-state index contributed by atoms with van der Waals surface area (Å²) in [7, 11) is 0. The number of amides is 1. The van der Waals surface area contributed by atoms with Crippen molar-refractivity contribution in [2.75, 3.05) is 50.7 Å². The Morgan fingerprint density at radius 1 is 1.03 bits per heavy atom. The van der Waals surface area contributed by atoms with E-state index in [0.717, 1.165) is 71.1 Å². The molecule has 0 aromatic heterocycles. The summed E-state index contributed by atoms with van der Waals surface area (Å²) < 4.78 is 44.3. The second kappa shape index (κ2) is 9.67. The molecule has 0 radical (unpaired) electrons. The topological polar surface area (TPSA) is 36.0 Å². The summed E-state index contributed by atoms with van der Waals surface area (Å²) >= 11 is 0. The monoisotopic (exact) mass is 441 g/mol. The van der Waals surface area contributed by atoms with Crippen molar-refractivity contribution < 1.29 is 22.7 Å². The van der Waals surface area contributed by atoms with E-state index in [-0.39, 0.29) is 6.09 Å². The SMILES string of the molecule is CC(C)(C)OC(=O)N1CCC(CCN2CCN(c3cccc(C(F)(F)F)c3)CC2)CC1. The molecule has 8 heteroatoms. The number of benzene rings is 1. The highest BCUT2D eigenvalue weighted by molar-refractivity contribution is 5.68. The Kier molecular flexibility index (Phi) is 7.39. The molecule has 2 aliphatic heterocycles. The predicted molar refractivity (Wildman–Crippen MR) is 115 cm³/mol. The molecule has 174 valence electrons. The molecule has 0 unspecified atom stereocenters. The number of alkyl halides is 3. The zero-order valence-corrected chi connectivity index (χ0v) is 18.7. The molecule has 0 N–H and O–H groups in total. The highest BCUT2D eigenvalue weighted by Gasteiger charge is 2.31. The lowest BCUT2D eigenvalue weighted by molar-refractivity contribution is -0.137. The van der Waals surface area contributed by atoms with E-state index in [0.29, 0.717) is 11.6 Å². The normalized spacial score (nSPS) is 19.5. The van der Waals surface area contributed by atoms with Crippen molar-refractivity contribution in [1.82, 2.24) is 9.80 Å². The van der Waals surface area contributed by atoms with Crippen LogP contribution in [0.25, 0.3) is 0 Å². The first-order valence-corrected chi connectivity index (χ1v) is 11.1. The van der Waals surface area contributed by atoms with Gasteiger partial charge >= 0.3 is 12.3 Å². The van der Waals surface area contributed by atoms with Gasteiger partial charge in [0.15, 0.2) is 0 Å². The van der Waals surface area contributed by atoms with Gasteiger partial charge in [-0.15, -0.1) is 0 Å². The Bertz CT molecular complexity index is 732. The number of piperidine rings is 1. The third kappa shape index (κ3) is 7.02. The third-order valence-corrected chi connectivity index (χ3v) is 6.03. The first kappa shape index (κ1) is 23.7. The van der Waals surface area contributed by atoms with Crippen LogP contribution in [0.3, 0.4) is 0 Å². The summed E-state index contributed by atoms with van der Waals surface area (Å²) in [6.07, 6.45) is -1.47. The second-order valence-electron chi connectivity index (χ2n) is 9.58. The van der Waals surface area contributed by atoms with Crippen LogP contribution in [0.4, 0.5) is 23.7 Å². The first-order chi connectivity index (χ1) is 14.5. The van der Waals surface area contributed by atoms with Crippen LogP contribution in [0.15, 0.2) is 24.3 Å². The van der Waals surface area contributed by atoms with Crippen LogP contribution in [0, 0.1) is 5.92 Å². The summed E-state index contributed by atoms with van der Waals surface area (Å²) in [4.78, 5) is 18.4. The van der Waals surface area contributed by atoms with E-state index < -0.39 is 17.3 Å². The van der Waals surface area contributed by atoms with Crippen LogP contribution in [-0.4, -0.2) is 67.3 Å². The highest BCUT2D eigenvalue weighted by Crippen LogP contribution is 2.32. The minimum absolute atomic E-state index is 0.225. The van der Waals surface area contributed by atoms with Crippen LogP contribution < -0.4 is 4.90 Å². The molecule has 5 nitrogen and oxygen atoms in total. The number of ether oxygens (including phenoxy) is 1. The fourth-order valence-corrected chi connectivity index (χ4v) is 4.20. The van der Waals surface area contributed by atoms with Gasteiger partial charge in [-0.25, -0.2) is 4.79 Å². The maximum Gasteiger partial charge on any atom is 0.416 e. The number of rotatable bonds is 4. The summed E-state index contributed by atoms with van der Waals surface area (Å²) in [5.74, 6) is 0.597. The molecule has 3 rings (SSSR count). The van der Waals surface area contributed by atoms with Crippen molar-refractivity contribution in [2.24, 2.45) is 5.92 Å². The lowest BCUT2D eigenvalue weighted by atomic mass is 9.93. The van der Waals surface area contributed by atoms with Crippen LogP contribution in [0.1, 0.15) is 45.6 Å². The van der Waals surface area contributed by atoms with Crippen LogP contribution in [0.5, 0.6) is 0 Å². The van der Waals surface area contributed by atoms with Crippen LogP contribution >= 0.6 is 0 Å². The van der Waals surface area contributed by atoms with Crippen molar-refractivity contribution in [3.05, 3.63) is 29.8 Å². The molecule has 1 aromatic carbocycles. The van der Waals surface area contributed by atoms with Gasteiger partial charge < -0.3 is 14.5 Å². The molecular weight excluding hydrogens is 407 g/mol. The molecule has 2 fully saturated rings. The molecule has 2 saturated heterocycles. The van der Waals surface area contributed by atoms with Crippen molar-refractivity contribution in [1.29, 1.82) is 0 Å². The number of nitrogens with zero attached hydrogens (tertiary/aromatic N) is 3. The average molecular weight is 442 g/mol. The molecule has 0 atom stereocenters. The number of piperazine rings is 1. The number of likely N-dealkylation sites (tertiary alicyclic amines) is 1. The Morgan fingerprint density at radius 2 is 1.68 bits per heavy atom. The van der Waals surface area contributed by atoms with Crippen molar-refractivity contribution >= 4 is 11.8 Å². The van der Waals surface area contributed by atoms with Crippen molar-refractivity contribution in [2.45, 2.75) is 51.8 Å². The van der Waals surface area contributed by atoms with Gasteiger partial charge in [-0.1, -0.05) is 6.07 Å². The van der Waals surface area contributed by atoms with Gasteiger partial charge in [0, 0.05) is 45.0 Å². The predicted octanol–water partition coefficient (Wildman–Crippen LogP) is 4.86. The molecule has 0 saturated carbocycles. The van der Waals surface area contributed by atoms with E-state index in [1.54, 1.807) is 11.0 Å².